The molecule has 0 saturated carbocycles. The van der Waals surface area contributed by atoms with Crippen LogP contribution in [0.2, 0.25) is 0 Å². The molecule has 1 aliphatic heterocycles. The van der Waals surface area contributed by atoms with Crippen LogP contribution in [0.5, 0.6) is 0 Å². The lowest BCUT2D eigenvalue weighted by Gasteiger charge is -2.22. The van der Waals surface area contributed by atoms with E-state index in [1.807, 2.05) is 78.9 Å². The van der Waals surface area contributed by atoms with Gasteiger partial charge in [0.25, 0.3) is 5.56 Å². The highest BCUT2D eigenvalue weighted by atomic mass is 32.1. The van der Waals surface area contributed by atoms with Crippen LogP contribution in [0.15, 0.2) is 99.9 Å². The van der Waals surface area contributed by atoms with E-state index in [4.69, 9.17) is 0 Å². The Labute approximate surface area is 182 Å². The third kappa shape index (κ3) is 3.58. The number of fused-ring (bicyclic) bond motifs is 1. The summed E-state index contributed by atoms with van der Waals surface area (Å²) in [6.07, 6.45) is 2.63. The molecule has 4 aromatic rings. The van der Waals surface area contributed by atoms with Crippen molar-refractivity contribution in [3.8, 4) is 0 Å². The maximum atomic E-state index is 13.5. The van der Waals surface area contributed by atoms with Gasteiger partial charge in [0.15, 0.2) is 0 Å². The molecule has 0 spiro atoms. The van der Waals surface area contributed by atoms with E-state index in [2.05, 4.69) is 10.2 Å². The van der Waals surface area contributed by atoms with Gasteiger partial charge in [-0.3, -0.25) is 14.2 Å². The Morgan fingerprint density at radius 1 is 0.806 bits per heavy atom. The van der Waals surface area contributed by atoms with E-state index in [9.17, 15) is 9.59 Å². The summed E-state index contributed by atoms with van der Waals surface area (Å²) < 4.78 is 2.30. The summed E-state index contributed by atoms with van der Waals surface area (Å²) in [5, 5.41) is 8.90. The third-order valence-corrected chi connectivity index (χ3v) is 6.13. The van der Waals surface area contributed by atoms with Gasteiger partial charge in [-0.1, -0.05) is 96.3 Å². The van der Waals surface area contributed by atoms with Gasteiger partial charge in [0.2, 0.25) is 4.80 Å². The van der Waals surface area contributed by atoms with Crippen molar-refractivity contribution in [1.29, 1.82) is 0 Å². The van der Waals surface area contributed by atoms with Crippen LogP contribution in [-0.4, -0.2) is 16.6 Å². The van der Waals surface area contributed by atoms with E-state index in [-0.39, 0.29) is 11.6 Å². The lowest BCUT2D eigenvalue weighted by Crippen LogP contribution is -2.40. The van der Waals surface area contributed by atoms with Gasteiger partial charge in [-0.15, -0.1) is 10.2 Å². The van der Waals surface area contributed by atoms with E-state index in [0.717, 1.165) is 28.7 Å². The summed E-state index contributed by atoms with van der Waals surface area (Å²) in [5.74, 6) is 0. The van der Waals surface area contributed by atoms with Crippen molar-refractivity contribution < 1.29 is 4.79 Å². The van der Waals surface area contributed by atoms with E-state index in [1.54, 1.807) is 16.7 Å². The van der Waals surface area contributed by atoms with Gasteiger partial charge < -0.3 is 0 Å². The molecule has 31 heavy (non-hydrogen) atoms. The number of carbonyl (C=O) groups excluding carboxylic acids is 1. The zero-order chi connectivity index (χ0) is 21.2. The van der Waals surface area contributed by atoms with Crippen molar-refractivity contribution in [3.05, 3.63) is 127 Å². The summed E-state index contributed by atoms with van der Waals surface area (Å²) in [7, 11) is 0. The first kappa shape index (κ1) is 19.1. The second-order valence-electron chi connectivity index (χ2n) is 7.12. The highest BCUT2D eigenvalue weighted by molar-refractivity contribution is 7.07. The van der Waals surface area contributed by atoms with Crippen LogP contribution in [0.4, 0.5) is 0 Å². The summed E-state index contributed by atoms with van der Waals surface area (Å²) in [6.45, 7) is 0. The zero-order valence-corrected chi connectivity index (χ0v) is 17.2. The Morgan fingerprint density at radius 2 is 1.45 bits per heavy atom. The summed E-state index contributed by atoms with van der Waals surface area (Å²) in [4.78, 5) is 24.9. The molecule has 1 atom stereocenters. The Kier molecular flexibility index (Phi) is 4.98. The van der Waals surface area contributed by atoms with E-state index >= 15 is 0 Å². The van der Waals surface area contributed by atoms with Crippen molar-refractivity contribution in [2.24, 2.45) is 10.2 Å². The normalized spacial score (nSPS) is 15.7. The first-order valence-electron chi connectivity index (χ1n) is 9.79. The standard InChI is InChI=1S/C25H17N3O2S/c29-16-18-13-11-17(12-14-18)15-21-24(30)28-23(20-9-5-2-6-10-20)22(26-27-25(28)31-21)19-7-3-1-4-8-19/h1-16,23H/t23-/m0/s1. The van der Waals surface area contributed by atoms with Gasteiger partial charge in [-0.25, -0.2) is 0 Å². The molecule has 0 saturated heterocycles. The molecule has 0 radical (unpaired) electrons. The minimum absolute atomic E-state index is 0.111. The van der Waals surface area contributed by atoms with Crippen LogP contribution in [0, 0.1) is 0 Å². The molecule has 6 heteroatoms. The molecule has 5 nitrogen and oxygen atoms in total. The van der Waals surface area contributed by atoms with Crippen molar-refractivity contribution in [2.45, 2.75) is 6.04 Å². The van der Waals surface area contributed by atoms with Crippen LogP contribution in [-0.2, 0) is 0 Å². The number of nitrogens with zero attached hydrogens (tertiary/aromatic N) is 3. The fourth-order valence-corrected chi connectivity index (χ4v) is 4.59. The molecule has 0 fully saturated rings. The van der Waals surface area contributed by atoms with Crippen LogP contribution in [0.3, 0.4) is 0 Å². The van der Waals surface area contributed by atoms with Crippen LogP contribution in [0.25, 0.3) is 6.08 Å². The zero-order valence-electron chi connectivity index (χ0n) is 16.4. The molecule has 3 aromatic carbocycles. The van der Waals surface area contributed by atoms with Gasteiger partial charge in [0, 0.05) is 11.1 Å². The number of aldehydes is 1. The number of hydrogen-bond acceptors (Lipinski definition) is 5. The van der Waals surface area contributed by atoms with Gasteiger partial charge in [-0.05, 0) is 17.2 Å². The molecule has 150 valence electrons. The topological polar surface area (TPSA) is 63.8 Å². The predicted molar refractivity (Wildman–Crippen MR) is 122 cm³/mol. The van der Waals surface area contributed by atoms with E-state index in [0.29, 0.717) is 14.9 Å². The van der Waals surface area contributed by atoms with Gasteiger partial charge in [-0.2, -0.15) is 0 Å². The molecular weight excluding hydrogens is 406 g/mol. The number of benzene rings is 3. The van der Waals surface area contributed by atoms with E-state index < -0.39 is 0 Å². The highest BCUT2D eigenvalue weighted by Crippen LogP contribution is 2.23. The fraction of sp³-hybridized carbons (Fsp3) is 0.0400. The quantitative estimate of drug-likeness (QED) is 0.473. The van der Waals surface area contributed by atoms with Crippen LogP contribution >= 0.6 is 11.3 Å². The molecule has 0 bridgehead atoms. The number of rotatable bonds is 4. The maximum absolute atomic E-state index is 13.5. The van der Waals surface area contributed by atoms with Crippen molar-refractivity contribution in [2.75, 3.05) is 0 Å². The first-order valence-corrected chi connectivity index (χ1v) is 10.6. The first-order chi connectivity index (χ1) is 15.2. The van der Waals surface area contributed by atoms with Crippen molar-refractivity contribution >= 4 is 29.4 Å². The lowest BCUT2D eigenvalue weighted by atomic mass is 9.96. The Balaban J connectivity index is 1.69. The molecule has 5 rings (SSSR count). The summed E-state index contributed by atoms with van der Waals surface area (Å²) in [5.41, 5.74) is 3.98. The monoisotopic (exact) mass is 423 g/mol. The molecule has 0 aliphatic carbocycles. The average molecular weight is 423 g/mol. The maximum Gasteiger partial charge on any atom is 0.271 e. The van der Waals surface area contributed by atoms with Crippen molar-refractivity contribution in [3.63, 3.8) is 0 Å². The molecule has 0 unspecified atom stereocenters. The van der Waals surface area contributed by atoms with Gasteiger partial charge >= 0.3 is 0 Å². The van der Waals surface area contributed by atoms with Gasteiger partial charge in [0.05, 0.1) is 10.2 Å². The number of hydrogen-bond donors (Lipinski definition) is 0. The number of thiazole rings is 1. The molecule has 1 aromatic heterocycles. The van der Waals surface area contributed by atoms with E-state index in [1.165, 1.54) is 11.3 Å². The fourth-order valence-electron chi connectivity index (χ4n) is 3.65. The summed E-state index contributed by atoms with van der Waals surface area (Å²) in [6, 6.07) is 26.5. The average Bonchev–Trinajstić information content (AvgIpc) is 3.15. The Bertz CT molecular complexity index is 1450. The Morgan fingerprint density at radius 3 is 2.13 bits per heavy atom. The SMILES string of the molecule is O=Cc1ccc(C=c2sc3n(c2=O)[C@@H](c2ccccc2)C(c2ccccc2)=NN=3)cc1. The number of carbonyl (C=O) groups is 1. The molecule has 0 N–H and O–H groups in total. The highest BCUT2D eigenvalue weighted by Gasteiger charge is 2.28. The number of aromatic nitrogens is 1. The predicted octanol–water partition coefficient (Wildman–Crippen LogP) is 3.18. The molecule has 0 amide bonds. The summed E-state index contributed by atoms with van der Waals surface area (Å²) >= 11 is 1.31. The second-order valence-corrected chi connectivity index (χ2v) is 8.13. The van der Waals surface area contributed by atoms with Crippen LogP contribution in [0.1, 0.15) is 33.1 Å². The Hall–Kier alpha value is -3.90. The minimum Gasteiger partial charge on any atom is -0.298 e. The molecule has 1 aliphatic rings. The second kappa shape index (κ2) is 8.08. The minimum atomic E-state index is -0.362. The largest absolute Gasteiger partial charge is 0.298 e. The lowest BCUT2D eigenvalue weighted by molar-refractivity contribution is 0.112. The van der Waals surface area contributed by atoms with Crippen LogP contribution < -0.4 is 14.9 Å². The third-order valence-electron chi connectivity index (χ3n) is 5.15. The smallest absolute Gasteiger partial charge is 0.271 e. The molecule has 2 heterocycles. The molecular formula is C25H17N3O2S. The van der Waals surface area contributed by atoms with Crippen molar-refractivity contribution in [1.82, 2.24) is 4.57 Å². The van der Waals surface area contributed by atoms with Gasteiger partial charge in [0.1, 0.15) is 12.3 Å².